The number of aliphatic hydroxyl groups is 11. The Bertz CT molecular complexity index is 635. The molecular formula is C18H32O16. The van der Waals surface area contributed by atoms with Crippen molar-refractivity contribution in [2.45, 2.75) is 92.1 Å². The molecule has 34 heavy (non-hydrogen) atoms. The molecule has 3 aliphatic heterocycles. The highest BCUT2D eigenvalue weighted by atomic mass is 16.8. The molecule has 3 saturated heterocycles. The van der Waals surface area contributed by atoms with Crippen molar-refractivity contribution in [3.8, 4) is 0 Å². The van der Waals surface area contributed by atoms with Crippen LogP contribution in [0.2, 0.25) is 0 Å². The first-order valence-electron chi connectivity index (χ1n) is 10.6. The van der Waals surface area contributed by atoms with Crippen LogP contribution in [0.25, 0.3) is 0 Å². The fourth-order valence-electron chi connectivity index (χ4n) is 4.06. The van der Waals surface area contributed by atoms with Gasteiger partial charge in [-0.1, -0.05) is 0 Å². The van der Waals surface area contributed by atoms with E-state index in [1.54, 1.807) is 0 Å². The standard InChI is InChI=1S/C18H32O16/c19-1-4-7(22)8(23)12(27)17(31-4)34-15-6(3-21)32-18(13(28)10(15)25)33-14-5(2-20)30-16(29)11(26)9(14)24/h4-29H,1-3H2/t4-,5-,6-,7-,8+,9-,10-,11-,12-,13-,14?,15?,16+,17+,18+/m1/s1. The van der Waals surface area contributed by atoms with Crippen LogP contribution >= 0.6 is 0 Å². The first-order chi connectivity index (χ1) is 16.0. The van der Waals surface area contributed by atoms with Crippen molar-refractivity contribution in [3.63, 3.8) is 0 Å². The van der Waals surface area contributed by atoms with E-state index in [1.807, 2.05) is 0 Å². The van der Waals surface area contributed by atoms with E-state index < -0.39 is 112 Å². The van der Waals surface area contributed by atoms with Gasteiger partial charge in [-0.15, -0.1) is 0 Å². The Hall–Kier alpha value is -0.640. The van der Waals surface area contributed by atoms with Crippen LogP contribution in [0.1, 0.15) is 0 Å². The maximum absolute atomic E-state index is 10.6. The zero-order chi connectivity index (χ0) is 25.3. The molecule has 3 aliphatic rings. The third-order valence-corrected chi connectivity index (χ3v) is 6.09. The van der Waals surface area contributed by atoms with Crippen molar-refractivity contribution in [1.82, 2.24) is 0 Å². The van der Waals surface area contributed by atoms with Gasteiger partial charge in [-0.3, -0.25) is 0 Å². The van der Waals surface area contributed by atoms with Crippen LogP contribution in [0.15, 0.2) is 0 Å². The lowest BCUT2D eigenvalue weighted by molar-refractivity contribution is -0.377. The molecule has 0 bridgehead atoms. The number of hydrogen-bond donors (Lipinski definition) is 11. The molecule has 16 heteroatoms. The molecule has 0 spiro atoms. The summed E-state index contributed by atoms with van der Waals surface area (Å²) in [7, 11) is 0. The van der Waals surface area contributed by atoms with Crippen molar-refractivity contribution in [1.29, 1.82) is 0 Å². The highest BCUT2D eigenvalue weighted by Gasteiger charge is 2.53. The third-order valence-electron chi connectivity index (χ3n) is 6.09. The summed E-state index contributed by atoms with van der Waals surface area (Å²) >= 11 is 0. The fraction of sp³-hybridized carbons (Fsp3) is 1.00. The maximum atomic E-state index is 10.6. The Morgan fingerprint density at radius 3 is 1.35 bits per heavy atom. The van der Waals surface area contributed by atoms with Gasteiger partial charge < -0.3 is 79.9 Å². The normalized spacial score (nSPS) is 52.5. The first-order valence-corrected chi connectivity index (χ1v) is 10.6. The fourth-order valence-corrected chi connectivity index (χ4v) is 4.06. The minimum Gasteiger partial charge on any atom is -0.394 e. The van der Waals surface area contributed by atoms with Gasteiger partial charge in [-0.2, -0.15) is 0 Å². The van der Waals surface area contributed by atoms with Crippen LogP contribution in [0.4, 0.5) is 0 Å². The van der Waals surface area contributed by atoms with Gasteiger partial charge in [0.05, 0.1) is 19.8 Å². The molecule has 0 aliphatic carbocycles. The molecule has 11 N–H and O–H groups in total. The van der Waals surface area contributed by atoms with E-state index >= 15 is 0 Å². The molecule has 0 amide bonds. The van der Waals surface area contributed by atoms with E-state index in [0.29, 0.717) is 0 Å². The lowest BCUT2D eigenvalue weighted by Crippen LogP contribution is -2.66. The van der Waals surface area contributed by atoms with Crippen LogP contribution in [-0.2, 0) is 23.7 Å². The van der Waals surface area contributed by atoms with Gasteiger partial charge in [0.1, 0.15) is 73.2 Å². The van der Waals surface area contributed by atoms with Gasteiger partial charge in [-0.25, -0.2) is 0 Å². The van der Waals surface area contributed by atoms with E-state index in [4.69, 9.17) is 23.7 Å². The van der Waals surface area contributed by atoms with Crippen molar-refractivity contribution in [3.05, 3.63) is 0 Å². The zero-order valence-electron chi connectivity index (χ0n) is 17.7. The largest absolute Gasteiger partial charge is 0.394 e. The molecule has 3 fully saturated rings. The van der Waals surface area contributed by atoms with Gasteiger partial charge in [0.15, 0.2) is 18.9 Å². The minimum absolute atomic E-state index is 0.741. The molecule has 3 heterocycles. The summed E-state index contributed by atoms with van der Waals surface area (Å²) in [5, 5.41) is 109. The van der Waals surface area contributed by atoms with Crippen LogP contribution in [0.5, 0.6) is 0 Å². The van der Waals surface area contributed by atoms with E-state index in [-0.39, 0.29) is 0 Å². The average molecular weight is 504 g/mol. The summed E-state index contributed by atoms with van der Waals surface area (Å²) in [5.41, 5.74) is 0. The quantitative estimate of drug-likeness (QED) is 0.154. The molecule has 0 saturated carbocycles. The van der Waals surface area contributed by atoms with Gasteiger partial charge >= 0.3 is 0 Å². The van der Waals surface area contributed by atoms with E-state index in [9.17, 15) is 56.2 Å². The highest BCUT2D eigenvalue weighted by Crippen LogP contribution is 2.32. The van der Waals surface area contributed by atoms with Crippen molar-refractivity contribution in [2.75, 3.05) is 19.8 Å². The van der Waals surface area contributed by atoms with Crippen LogP contribution in [0, 0.1) is 0 Å². The minimum atomic E-state index is -1.91. The molecule has 200 valence electrons. The van der Waals surface area contributed by atoms with E-state index in [0.717, 1.165) is 0 Å². The molecule has 15 atom stereocenters. The Labute approximate surface area is 192 Å². The summed E-state index contributed by atoms with van der Waals surface area (Å²) in [4.78, 5) is 0. The van der Waals surface area contributed by atoms with Crippen LogP contribution < -0.4 is 0 Å². The van der Waals surface area contributed by atoms with E-state index in [1.165, 1.54) is 0 Å². The van der Waals surface area contributed by atoms with Gasteiger partial charge in [0, 0.05) is 0 Å². The Morgan fingerprint density at radius 1 is 0.441 bits per heavy atom. The van der Waals surface area contributed by atoms with Gasteiger partial charge in [-0.05, 0) is 0 Å². The lowest BCUT2D eigenvalue weighted by atomic mass is 9.96. The maximum Gasteiger partial charge on any atom is 0.187 e. The lowest BCUT2D eigenvalue weighted by Gasteiger charge is -2.47. The highest BCUT2D eigenvalue weighted by molar-refractivity contribution is 4.96. The second-order valence-electron chi connectivity index (χ2n) is 8.33. The Kier molecular flexibility index (Phi) is 9.54. The monoisotopic (exact) mass is 504 g/mol. The molecule has 0 aromatic rings. The topological polar surface area (TPSA) is 269 Å². The predicted molar refractivity (Wildman–Crippen MR) is 101 cm³/mol. The van der Waals surface area contributed by atoms with Crippen LogP contribution in [-0.4, -0.2) is 168 Å². The van der Waals surface area contributed by atoms with Gasteiger partial charge in [0.2, 0.25) is 0 Å². The van der Waals surface area contributed by atoms with Crippen molar-refractivity contribution in [2.24, 2.45) is 0 Å². The number of aliphatic hydroxyl groups excluding tert-OH is 11. The SMILES string of the molecule is OC[C@H]1O[C@@H](OC2[C@@H](CO)O[C@H](O)[C@H](O)[C@H]2O)[C@H](O)[C@@H](O)C1O[C@@H]1O[C@H](CO)[C@@H](O)[C@H](O)[C@H]1O. The smallest absolute Gasteiger partial charge is 0.187 e. The predicted octanol–water partition coefficient (Wildman–Crippen LogP) is -7.57. The summed E-state index contributed by atoms with van der Waals surface area (Å²) in [6.45, 7) is -2.32. The second-order valence-corrected chi connectivity index (χ2v) is 8.33. The van der Waals surface area contributed by atoms with Crippen LogP contribution in [0.3, 0.4) is 0 Å². The summed E-state index contributed by atoms with van der Waals surface area (Å²) < 4.78 is 26.4. The molecule has 0 aromatic carbocycles. The first kappa shape index (κ1) is 27.9. The molecule has 0 aromatic heterocycles. The number of rotatable bonds is 7. The summed E-state index contributed by atoms with van der Waals surface area (Å²) in [5.74, 6) is 0. The van der Waals surface area contributed by atoms with Gasteiger partial charge in [0.25, 0.3) is 0 Å². The number of hydrogen-bond acceptors (Lipinski definition) is 16. The average Bonchev–Trinajstić information content (AvgIpc) is 2.83. The summed E-state index contributed by atoms with van der Waals surface area (Å²) in [6, 6.07) is 0. The number of ether oxygens (including phenoxy) is 5. The Balaban J connectivity index is 1.72. The molecule has 16 nitrogen and oxygen atoms in total. The molecule has 3 rings (SSSR count). The molecular weight excluding hydrogens is 472 g/mol. The third kappa shape index (κ3) is 5.37. The van der Waals surface area contributed by atoms with Crippen molar-refractivity contribution < 1.29 is 79.9 Å². The summed E-state index contributed by atoms with van der Waals surface area (Å²) in [6.07, 6.45) is -25.1. The Morgan fingerprint density at radius 2 is 0.853 bits per heavy atom. The second kappa shape index (κ2) is 11.6. The van der Waals surface area contributed by atoms with Crippen molar-refractivity contribution >= 4 is 0 Å². The molecule has 0 radical (unpaired) electrons. The zero-order valence-corrected chi connectivity index (χ0v) is 17.7. The molecule has 2 unspecified atom stereocenters. The van der Waals surface area contributed by atoms with E-state index in [2.05, 4.69) is 0 Å².